The molecule has 1 unspecified atom stereocenters. The smallest absolute Gasteiger partial charge is 0.328 e. The molecule has 0 saturated heterocycles. The van der Waals surface area contributed by atoms with Gasteiger partial charge < -0.3 is 15.0 Å². The third-order valence-corrected chi connectivity index (χ3v) is 2.93. The zero-order valence-electron chi connectivity index (χ0n) is 12.6. The minimum atomic E-state index is -0.764. The number of nitrogens with one attached hydrogen (secondary N) is 1. The van der Waals surface area contributed by atoms with E-state index < -0.39 is 18.0 Å². The molecule has 0 bridgehead atoms. The van der Waals surface area contributed by atoms with Gasteiger partial charge in [-0.3, -0.25) is 0 Å². The summed E-state index contributed by atoms with van der Waals surface area (Å²) in [7, 11) is 0. The van der Waals surface area contributed by atoms with Crippen molar-refractivity contribution in [3.8, 4) is 0 Å². The van der Waals surface area contributed by atoms with Crippen LogP contribution in [-0.2, 0) is 20.9 Å². The van der Waals surface area contributed by atoms with Crippen LogP contribution in [0.5, 0.6) is 0 Å². The average Bonchev–Trinajstić information content (AvgIpc) is 2.53. The number of hydrogen-bond donors (Lipinski definition) is 1. The highest BCUT2D eigenvalue weighted by Gasteiger charge is 2.26. The van der Waals surface area contributed by atoms with E-state index in [-0.39, 0.29) is 19.8 Å². The largest absolute Gasteiger partial charge is 0.464 e. The number of carbonyl (C=O) groups excluding carboxylic acids is 3. The van der Waals surface area contributed by atoms with Gasteiger partial charge in [0.2, 0.25) is 6.08 Å². The maximum atomic E-state index is 12.2. The Bertz CT molecular complexity index is 541. The number of urea groups is 1. The monoisotopic (exact) mass is 305 g/mol. The molecule has 118 valence electrons. The van der Waals surface area contributed by atoms with Crippen LogP contribution < -0.4 is 5.32 Å². The average molecular weight is 305 g/mol. The normalized spacial score (nSPS) is 11.0. The van der Waals surface area contributed by atoms with Gasteiger partial charge in [0.25, 0.3) is 0 Å². The van der Waals surface area contributed by atoms with E-state index in [0.717, 1.165) is 5.56 Å². The second kappa shape index (κ2) is 9.31. The van der Waals surface area contributed by atoms with Crippen molar-refractivity contribution in [2.24, 2.45) is 4.99 Å². The van der Waals surface area contributed by atoms with E-state index >= 15 is 0 Å². The van der Waals surface area contributed by atoms with Gasteiger partial charge in [0.15, 0.2) is 0 Å². The van der Waals surface area contributed by atoms with Crippen molar-refractivity contribution in [2.75, 3.05) is 13.3 Å². The van der Waals surface area contributed by atoms with Crippen LogP contribution in [0.4, 0.5) is 4.79 Å². The number of carbonyl (C=O) groups is 2. The van der Waals surface area contributed by atoms with Gasteiger partial charge in [-0.05, 0) is 19.4 Å². The topological polar surface area (TPSA) is 88.1 Å². The summed E-state index contributed by atoms with van der Waals surface area (Å²) in [4.78, 5) is 38.7. The van der Waals surface area contributed by atoms with Crippen LogP contribution in [0.1, 0.15) is 19.4 Å². The minimum Gasteiger partial charge on any atom is -0.464 e. The first-order chi connectivity index (χ1) is 10.6. The van der Waals surface area contributed by atoms with Crippen LogP contribution in [0.2, 0.25) is 0 Å². The Hall–Kier alpha value is -2.66. The van der Waals surface area contributed by atoms with Gasteiger partial charge in [-0.2, -0.15) is 4.99 Å². The van der Waals surface area contributed by atoms with Crippen molar-refractivity contribution >= 4 is 18.1 Å². The molecule has 0 heterocycles. The summed E-state index contributed by atoms with van der Waals surface area (Å²) in [6.07, 6.45) is 1.33. The summed E-state index contributed by atoms with van der Waals surface area (Å²) >= 11 is 0. The van der Waals surface area contributed by atoms with Gasteiger partial charge in [-0.1, -0.05) is 30.3 Å². The first-order valence-electron chi connectivity index (χ1n) is 6.88. The third kappa shape index (κ3) is 5.38. The predicted molar refractivity (Wildman–Crippen MR) is 79.6 cm³/mol. The highest BCUT2D eigenvalue weighted by molar-refractivity contribution is 5.83. The molecule has 2 amide bonds. The van der Waals surface area contributed by atoms with Gasteiger partial charge in [-0.25, -0.2) is 14.4 Å². The lowest BCUT2D eigenvalue weighted by Crippen LogP contribution is -2.48. The fourth-order valence-corrected chi connectivity index (χ4v) is 1.80. The lowest BCUT2D eigenvalue weighted by molar-refractivity contribution is -0.148. The van der Waals surface area contributed by atoms with Crippen molar-refractivity contribution in [2.45, 2.75) is 26.4 Å². The van der Waals surface area contributed by atoms with Crippen molar-refractivity contribution in [1.29, 1.82) is 0 Å². The van der Waals surface area contributed by atoms with Gasteiger partial charge in [-0.15, -0.1) is 0 Å². The van der Waals surface area contributed by atoms with E-state index in [0.29, 0.717) is 0 Å². The zero-order valence-corrected chi connectivity index (χ0v) is 12.6. The number of amides is 2. The van der Waals surface area contributed by atoms with Crippen LogP contribution in [0, 0.1) is 0 Å². The van der Waals surface area contributed by atoms with E-state index in [9.17, 15) is 14.4 Å². The second-order valence-corrected chi connectivity index (χ2v) is 4.43. The fraction of sp³-hybridized carbons (Fsp3) is 0.400. The number of hydrogen-bond acceptors (Lipinski definition) is 5. The number of esters is 1. The van der Waals surface area contributed by atoms with Crippen molar-refractivity contribution in [1.82, 2.24) is 10.2 Å². The molecule has 1 aromatic rings. The van der Waals surface area contributed by atoms with Crippen LogP contribution in [0.25, 0.3) is 0 Å². The van der Waals surface area contributed by atoms with Crippen LogP contribution in [0.3, 0.4) is 0 Å². The lowest BCUT2D eigenvalue weighted by Gasteiger charge is -2.27. The molecule has 0 fully saturated rings. The molecule has 0 aliphatic heterocycles. The SMILES string of the molecule is CCOC(=O)C(C)N(Cc1ccccc1)C(=O)NCN=C=O. The molecule has 1 aromatic carbocycles. The Balaban J connectivity index is 2.86. The molecule has 1 atom stereocenters. The van der Waals surface area contributed by atoms with Crippen molar-refractivity contribution < 1.29 is 19.1 Å². The maximum Gasteiger partial charge on any atom is 0.328 e. The fourth-order valence-electron chi connectivity index (χ4n) is 1.80. The first kappa shape index (κ1) is 17.4. The summed E-state index contributed by atoms with van der Waals surface area (Å²) in [5.74, 6) is -0.493. The van der Waals surface area contributed by atoms with E-state index in [1.54, 1.807) is 13.8 Å². The molecular weight excluding hydrogens is 286 g/mol. The molecule has 22 heavy (non-hydrogen) atoms. The summed E-state index contributed by atoms with van der Waals surface area (Å²) in [6.45, 7) is 3.56. The van der Waals surface area contributed by atoms with Crippen LogP contribution in [-0.4, -0.2) is 42.3 Å². The Morgan fingerprint density at radius 3 is 2.64 bits per heavy atom. The number of nitrogens with zero attached hydrogens (tertiary/aromatic N) is 2. The number of rotatable bonds is 7. The highest BCUT2D eigenvalue weighted by atomic mass is 16.5. The number of ether oxygens (including phenoxy) is 1. The summed E-state index contributed by atoms with van der Waals surface area (Å²) < 4.78 is 4.95. The zero-order chi connectivity index (χ0) is 16.4. The van der Waals surface area contributed by atoms with E-state index in [2.05, 4.69) is 10.3 Å². The standard InChI is InChI=1S/C15H19N3O4/c1-3-22-14(20)12(2)18(15(21)17-10-16-11-19)9-13-7-5-4-6-8-13/h4-8,12H,3,9-10H2,1-2H3,(H,17,21). The van der Waals surface area contributed by atoms with Gasteiger partial charge >= 0.3 is 12.0 Å². The molecule has 0 aliphatic carbocycles. The Morgan fingerprint density at radius 1 is 1.36 bits per heavy atom. The summed E-state index contributed by atoms with van der Waals surface area (Å²) in [6, 6.07) is 7.97. The van der Waals surface area contributed by atoms with Crippen molar-refractivity contribution in [3.63, 3.8) is 0 Å². The lowest BCUT2D eigenvalue weighted by atomic mass is 10.2. The molecule has 0 radical (unpaired) electrons. The van der Waals surface area contributed by atoms with Gasteiger partial charge in [0, 0.05) is 6.54 Å². The molecule has 1 N–H and O–H groups in total. The van der Waals surface area contributed by atoms with Crippen LogP contribution >= 0.6 is 0 Å². The van der Waals surface area contributed by atoms with Gasteiger partial charge in [0.05, 0.1) is 6.61 Å². The van der Waals surface area contributed by atoms with Crippen molar-refractivity contribution in [3.05, 3.63) is 35.9 Å². The molecule has 0 spiro atoms. The van der Waals surface area contributed by atoms with Gasteiger partial charge in [0.1, 0.15) is 12.7 Å². The maximum absolute atomic E-state index is 12.2. The summed E-state index contributed by atoms with van der Waals surface area (Å²) in [5, 5.41) is 2.43. The molecule has 0 aromatic heterocycles. The Kier molecular flexibility index (Phi) is 7.36. The molecule has 0 saturated carbocycles. The molecule has 0 aliphatic rings. The second-order valence-electron chi connectivity index (χ2n) is 4.43. The van der Waals surface area contributed by atoms with Crippen LogP contribution in [0.15, 0.2) is 35.3 Å². The Labute approximate surface area is 129 Å². The highest BCUT2D eigenvalue weighted by Crippen LogP contribution is 2.10. The molecular formula is C15H19N3O4. The predicted octanol–water partition coefficient (Wildman–Crippen LogP) is 1.44. The summed E-state index contributed by atoms with van der Waals surface area (Å²) in [5.41, 5.74) is 0.868. The Morgan fingerprint density at radius 2 is 2.05 bits per heavy atom. The third-order valence-electron chi connectivity index (χ3n) is 2.93. The quantitative estimate of drug-likeness (QED) is 0.469. The van der Waals surface area contributed by atoms with E-state index in [4.69, 9.17) is 4.74 Å². The molecule has 1 rings (SSSR count). The van der Waals surface area contributed by atoms with E-state index in [1.807, 2.05) is 30.3 Å². The number of benzene rings is 1. The first-order valence-corrected chi connectivity index (χ1v) is 6.88. The van der Waals surface area contributed by atoms with E-state index in [1.165, 1.54) is 11.0 Å². The minimum absolute atomic E-state index is 0.191. The number of aliphatic imine (C=N–C) groups is 1. The number of isocyanates is 1. The molecule has 7 heteroatoms. The molecule has 7 nitrogen and oxygen atoms in total.